The van der Waals surface area contributed by atoms with Gasteiger partial charge in [0.25, 0.3) is 0 Å². The van der Waals surface area contributed by atoms with Crippen LogP contribution in [-0.2, 0) is 41.1 Å². The van der Waals surface area contributed by atoms with Crippen molar-refractivity contribution in [3.05, 3.63) is 112 Å². The molecule has 2 N–H and O–H groups in total. The maximum Gasteiger partial charge on any atom is 0.342 e. The third kappa shape index (κ3) is 6.18. The van der Waals surface area contributed by atoms with Crippen LogP contribution in [0.4, 0.5) is 5.69 Å². The predicted molar refractivity (Wildman–Crippen MR) is 250 cm³/mol. The number of H-pyrrole nitrogens is 1. The molecule has 4 aromatic rings. The number of rotatable bonds is 10. The van der Waals surface area contributed by atoms with Crippen LogP contribution in [0.2, 0.25) is 0 Å². The number of para-hydroxylation sites is 2. The third-order valence-corrected chi connectivity index (χ3v) is 16.4. The highest BCUT2D eigenvalue weighted by Crippen LogP contribution is 2.68. The van der Waals surface area contributed by atoms with Crippen molar-refractivity contribution in [2.45, 2.75) is 87.5 Å². The first kappa shape index (κ1) is 44.2. The molecule has 13 heteroatoms. The smallest absolute Gasteiger partial charge is 0.342 e. The van der Waals surface area contributed by atoms with Gasteiger partial charge in [-0.15, -0.1) is 0 Å². The Balaban J connectivity index is 1.23. The predicted octanol–water partition coefficient (Wildman–Crippen LogP) is 6.49. The number of carbonyl (C=O) groups excluding carboxylic acids is 3. The van der Waals surface area contributed by atoms with Gasteiger partial charge in [-0.3, -0.25) is 19.4 Å². The van der Waals surface area contributed by atoms with Gasteiger partial charge in [-0.2, -0.15) is 0 Å². The van der Waals surface area contributed by atoms with E-state index >= 15 is 4.79 Å². The van der Waals surface area contributed by atoms with Crippen molar-refractivity contribution in [3.8, 4) is 11.5 Å². The fraction of sp³-hybridized carbons (Fsp3) is 0.491. The van der Waals surface area contributed by atoms with Crippen LogP contribution in [0, 0.1) is 11.3 Å². The van der Waals surface area contributed by atoms with E-state index in [9.17, 15) is 14.7 Å². The molecule has 1 aromatic heterocycles. The van der Waals surface area contributed by atoms with Crippen LogP contribution >= 0.6 is 0 Å². The average molecular weight is 899 g/mol. The number of benzene rings is 3. The number of nitrogens with one attached hydrogen (secondary N) is 1. The molecule has 1 unspecified atom stereocenters. The van der Waals surface area contributed by atoms with Crippen LogP contribution in [0.25, 0.3) is 10.9 Å². The van der Waals surface area contributed by atoms with Gasteiger partial charge in [-0.05, 0) is 80.0 Å². The zero-order valence-electron chi connectivity index (χ0n) is 39.1. The lowest BCUT2D eigenvalue weighted by molar-refractivity contribution is -0.228. The van der Waals surface area contributed by atoms with Crippen LogP contribution < -0.4 is 14.4 Å². The van der Waals surface area contributed by atoms with Crippen LogP contribution in [0.15, 0.2) is 84.5 Å². The molecular weight excluding hydrogens is 837 g/mol. The standard InChI is InChI=1S/C53H62N4O9/c1-8-33-25-34-28-52(49(60)64-7,44-36(19-23-56(29-33)30-34)35-15-10-12-17-40(35)54-44)39-26-38-41(27-43(39)63-6)55(4)47-51(38)21-24-57-22-14-20-50(9-2,46(51)57)48(66-32(3)58)53(47,61)31-65-45(59)37-16-11-13-18-42(37)62-5/h10-18,20,25-27,34,46-48,54,61H,8-9,19,21-24,28-31H2,1-7H3/t34-,46+,47+,48+,50+,51-,52-,53-/m0/s1. The fourth-order valence-electron chi connectivity index (χ4n) is 14.0. The van der Waals surface area contributed by atoms with Crippen LogP contribution in [0.1, 0.15) is 79.2 Å². The summed E-state index contributed by atoms with van der Waals surface area (Å²) in [6.07, 6.45) is 8.73. The van der Waals surface area contributed by atoms with E-state index < -0.39 is 52.5 Å². The molecular formula is C53H62N4O9. The summed E-state index contributed by atoms with van der Waals surface area (Å²) >= 11 is 0. The Morgan fingerprint density at radius 2 is 1.71 bits per heavy atom. The second-order valence-electron chi connectivity index (χ2n) is 19.4. The SMILES string of the molecule is CCC1=C[C@@H]2CN(CCc3c([nH]c4ccccc34)[C@@](C(=O)OC)(c3cc4c(cc3OC)N(C)[C@H]3[C@@](O)(COC(=O)c5ccccc5OC)[C@H](OC(C)=O)[C@]5(CC)C=CCN6CC[C@@]43[C@H]65)C2)C1. The van der Waals surface area contributed by atoms with Gasteiger partial charge in [0, 0.05) is 90.9 Å². The van der Waals surface area contributed by atoms with Crippen molar-refractivity contribution in [1.82, 2.24) is 14.8 Å². The fourth-order valence-corrected chi connectivity index (χ4v) is 14.0. The number of carbonyl (C=O) groups is 3. The van der Waals surface area contributed by atoms with Crippen molar-refractivity contribution < 1.29 is 43.2 Å². The summed E-state index contributed by atoms with van der Waals surface area (Å²) in [5, 5.41) is 15.0. The minimum Gasteiger partial charge on any atom is -0.496 e. The van der Waals surface area contributed by atoms with Gasteiger partial charge in [0.05, 0.1) is 27.4 Å². The second-order valence-corrected chi connectivity index (χ2v) is 19.4. The normalized spacial score (nSPS) is 31.8. The number of aromatic nitrogens is 1. The largest absolute Gasteiger partial charge is 0.496 e. The highest BCUT2D eigenvalue weighted by Gasteiger charge is 2.78. The Kier molecular flexibility index (Phi) is 10.9. The van der Waals surface area contributed by atoms with Crippen LogP contribution in [-0.4, -0.2) is 129 Å². The van der Waals surface area contributed by atoms with E-state index in [1.807, 2.05) is 19.2 Å². The molecule has 10 rings (SSSR count). The number of fused-ring (bicyclic) bond motifs is 6. The zero-order chi connectivity index (χ0) is 46.3. The molecule has 13 nitrogen and oxygen atoms in total. The number of hydrogen-bond donors (Lipinski definition) is 2. The van der Waals surface area contributed by atoms with Gasteiger partial charge >= 0.3 is 17.9 Å². The number of aliphatic hydroxyl groups is 1. The molecule has 9 atom stereocenters. The molecule has 0 radical (unpaired) electrons. The van der Waals surface area contributed by atoms with E-state index in [1.165, 1.54) is 26.7 Å². The minimum atomic E-state index is -1.95. The number of methoxy groups -OCH3 is 3. The Labute approximate surface area is 386 Å². The Bertz CT molecular complexity index is 2670. The maximum atomic E-state index is 15.5. The quantitative estimate of drug-likeness (QED) is 0.102. The maximum absolute atomic E-state index is 15.5. The van der Waals surface area contributed by atoms with E-state index in [1.54, 1.807) is 31.4 Å². The number of nitrogens with zero attached hydrogens (tertiary/aromatic N) is 3. The third-order valence-electron chi connectivity index (χ3n) is 16.4. The summed E-state index contributed by atoms with van der Waals surface area (Å²) in [7, 11) is 6.56. The highest BCUT2D eigenvalue weighted by atomic mass is 16.6. The molecule has 1 spiro atoms. The first-order valence-corrected chi connectivity index (χ1v) is 23.5. The Hall–Kier alpha value is -5.63. The minimum absolute atomic E-state index is 0.0112. The molecule has 348 valence electrons. The summed E-state index contributed by atoms with van der Waals surface area (Å²) < 4.78 is 30.7. The molecule has 2 bridgehead atoms. The van der Waals surface area contributed by atoms with Crippen molar-refractivity contribution >= 4 is 34.5 Å². The summed E-state index contributed by atoms with van der Waals surface area (Å²) in [6.45, 7) is 9.06. The molecule has 1 saturated carbocycles. The van der Waals surface area contributed by atoms with Gasteiger partial charge in [0.15, 0.2) is 5.60 Å². The lowest BCUT2D eigenvalue weighted by Gasteiger charge is -2.64. The van der Waals surface area contributed by atoms with E-state index in [4.69, 9.17) is 23.7 Å². The van der Waals surface area contributed by atoms with E-state index in [0.29, 0.717) is 49.4 Å². The van der Waals surface area contributed by atoms with E-state index in [2.05, 4.69) is 76.0 Å². The molecule has 3 aromatic carbocycles. The highest BCUT2D eigenvalue weighted by molar-refractivity contribution is 5.95. The van der Waals surface area contributed by atoms with Crippen LogP contribution in [0.3, 0.4) is 0 Å². The van der Waals surface area contributed by atoms with Gasteiger partial charge in [-0.25, -0.2) is 4.79 Å². The van der Waals surface area contributed by atoms with Gasteiger partial charge in [0.1, 0.15) is 35.2 Å². The summed E-state index contributed by atoms with van der Waals surface area (Å²) in [6, 6.07) is 18.3. The topological polar surface area (TPSA) is 143 Å². The molecule has 2 fully saturated rings. The number of aromatic amines is 1. The van der Waals surface area contributed by atoms with Crippen molar-refractivity contribution in [2.24, 2.45) is 11.3 Å². The number of esters is 3. The molecule has 66 heavy (non-hydrogen) atoms. The molecule has 0 amide bonds. The van der Waals surface area contributed by atoms with Crippen LogP contribution in [0.5, 0.6) is 11.5 Å². The van der Waals surface area contributed by atoms with Crippen molar-refractivity contribution in [2.75, 3.05) is 72.6 Å². The number of anilines is 1. The average Bonchev–Trinajstić information content (AvgIpc) is 4.00. The molecule has 5 aliphatic heterocycles. The molecule has 6 heterocycles. The number of likely N-dealkylation sites (N-methyl/N-ethyl adjacent to an activating group) is 1. The first-order valence-electron chi connectivity index (χ1n) is 23.5. The molecule has 6 aliphatic rings. The zero-order valence-corrected chi connectivity index (χ0v) is 39.1. The second kappa shape index (κ2) is 16.3. The summed E-state index contributed by atoms with van der Waals surface area (Å²) in [5.41, 5.74) is 1.82. The number of hydrogen-bond acceptors (Lipinski definition) is 12. The first-order chi connectivity index (χ1) is 31.8. The van der Waals surface area contributed by atoms with Crippen molar-refractivity contribution in [3.63, 3.8) is 0 Å². The summed E-state index contributed by atoms with van der Waals surface area (Å²) in [4.78, 5) is 53.8. The lowest BCUT2D eigenvalue weighted by atomic mass is 9.47. The van der Waals surface area contributed by atoms with Gasteiger partial charge < -0.3 is 38.7 Å². The lowest BCUT2D eigenvalue weighted by Crippen LogP contribution is -2.80. The molecule has 1 saturated heterocycles. The number of ether oxygens (including phenoxy) is 5. The molecule has 1 aliphatic carbocycles. The Morgan fingerprint density at radius 3 is 2.45 bits per heavy atom. The summed E-state index contributed by atoms with van der Waals surface area (Å²) in [5.74, 6) is -0.731. The van der Waals surface area contributed by atoms with Gasteiger partial charge in [0.2, 0.25) is 0 Å². The van der Waals surface area contributed by atoms with Gasteiger partial charge in [-0.1, -0.05) is 68.0 Å². The van der Waals surface area contributed by atoms with E-state index in [-0.39, 0.29) is 23.5 Å². The Morgan fingerprint density at radius 1 is 0.939 bits per heavy atom. The van der Waals surface area contributed by atoms with E-state index in [0.717, 1.165) is 65.9 Å². The monoisotopic (exact) mass is 898 g/mol. The van der Waals surface area contributed by atoms with Crippen molar-refractivity contribution in [1.29, 1.82) is 0 Å².